The molecular weight excluding hydrogens is 320 g/mol. The average molecular weight is 342 g/mol. The molecule has 6 heteroatoms. The fourth-order valence-corrected chi connectivity index (χ4v) is 2.33. The maximum atomic E-state index is 12.2. The first kappa shape index (κ1) is 18.4. The lowest BCUT2D eigenvalue weighted by Gasteiger charge is -2.07. The summed E-state index contributed by atoms with van der Waals surface area (Å²) in [6.07, 6.45) is 1.69. The molecule has 2 N–H and O–H groups in total. The number of furan rings is 1. The fourth-order valence-electron chi connectivity index (χ4n) is 2.33. The minimum atomic E-state index is -0.327. The van der Waals surface area contributed by atoms with E-state index in [0.29, 0.717) is 11.3 Å². The molecule has 0 fully saturated rings. The van der Waals surface area contributed by atoms with Gasteiger partial charge in [0.25, 0.3) is 0 Å². The molecule has 0 aliphatic heterocycles. The summed E-state index contributed by atoms with van der Waals surface area (Å²) in [5.74, 6) is -0.0742. The van der Waals surface area contributed by atoms with E-state index >= 15 is 0 Å². The molecule has 0 spiro atoms. The smallest absolute Gasteiger partial charge is 0.239 e. The number of carbonyl (C=O) groups is 3. The first-order valence-corrected chi connectivity index (χ1v) is 8.12. The van der Waals surface area contributed by atoms with E-state index in [2.05, 4.69) is 10.6 Å². The van der Waals surface area contributed by atoms with Crippen LogP contribution in [-0.4, -0.2) is 24.1 Å². The molecule has 0 saturated heterocycles. The Morgan fingerprint density at radius 1 is 1.00 bits per heavy atom. The minimum Gasteiger partial charge on any atom is -0.467 e. The van der Waals surface area contributed by atoms with Crippen LogP contribution >= 0.6 is 0 Å². The van der Waals surface area contributed by atoms with Gasteiger partial charge in [-0.15, -0.1) is 0 Å². The Kier molecular flexibility index (Phi) is 6.51. The highest BCUT2D eigenvalue weighted by Crippen LogP contribution is 2.13. The second-order valence-corrected chi connectivity index (χ2v) is 5.87. The van der Waals surface area contributed by atoms with Crippen LogP contribution in [-0.2, 0) is 16.1 Å². The second kappa shape index (κ2) is 8.82. The zero-order valence-electron chi connectivity index (χ0n) is 14.4. The van der Waals surface area contributed by atoms with Gasteiger partial charge in [0.2, 0.25) is 11.8 Å². The molecule has 2 aromatic rings. The van der Waals surface area contributed by atoms with Crippen molar-refractivity contribution in [1.82, 2.24) is 10.6 Å². The van der Waals surface area contributed by atoms with Gasteiger partial charge in [-0.1, -0.05) is 17.7 Å². The van der Waals surface area contributed by atoms with Gasteiger partial charge in [0.15, 0.2) is 5.78 Å². The first-order chi connectivity index (χ1) is 12.0. The summed E-state index contributed by atoms with van der Waals surface area (Å²) in [5.41, 5.74) is 2.55. The predicted molar refractivity (Wildman–Crippen MR) is 93.0 cm³/mol. The van der Waals surface area contributed by atoms with Gasteiger partial charge in [-0.25, -0.2) is 0 Å². The van der Waals surface area contributed by atoms with E-state index in [-0.39, 0.29) is 43.5 Å². The number of benzene rings is 1. The molecule has 25 heavy (non-hydrogen) atoms. The molecule has 0 atom stereocenters. The predicted octanol–water partition coefficient (Wildman–Crippen LogP) is 2.29. The maximum absolute atomic E-state index is 12.2. The number of amides is 2. The van der Waals surface area contributed by atoms with E-state index < -0.39 is 0 Å². The van der Waals surface area contributed by atoms with Crippen molar-refractivity contribution >= 4 is 17.6 Å². The molecule has 1 heterocycles. The number of Topliss-reactive ketones (excluding diaryl/α,β-unsaturated/α-hetero) is 1. The van der Waals surface area contributed by atoms with Crippen molar-refractivity contribution in [2.24, 2.45) is 0 Å². The molecule has 2 rings (SSSR count). The summed E-state index contributed by atoms with van der Waals surface area (Å²) in [6, 6.07) is 9.15. The van der Waals surface area contributed by atoms with Crippen molar-refractivity contribution in [2.75, 3.05) is 6.54 Å². The number of aryl methyl sites for hydroxylation is 2. The van der Waals surface area contributed by atoms with Gasteiger partial charge in [0, 0.05) is 18.4 Å². The molecule has 132 valence electrons. The third-order valence-electron chi connectivity index (χ3n) is 3.76. The van der Waals surface area contributed by atoms with Crippen LogP contribution < -0.4 is 10.6 Å². The topological polar surface area (TPSA) is 88.4 Å². The SMILES string of the molecule is Cc1ccc(C)c(C(=O)CCC(=O)NCC(=O)NCc2ccco2)c1. The maximum Gasteiger partial charge on any atom is 0.239 e. The van der Waals surface area contributed by atoms with Gasteiger partial charge in [-0.3, -0.25) is 14.4 Å². The average Bonchev–Trinajstić information content (AvgIpc) is 3.11. The number of hydrogen-bond acceptors (Lipinski definition) is 4. The third kappa shape index (κ3) is 5.91. The first-order valence-electron chi connectivity index (χ1n) is 8.12. The highest BCUT2D eigenvalue weighted by Gasteiger charge is 2.12. The Morgan fingerprint density at radius 2 is 1.80 bits per heavy atom. The van der Waals surface area contributed by atoms with Gasteiger partial charge in [-0.2, -0.15) is 0 Å². The van der Waals surface area contributed by atoms with E-state index in [0.717, 1.165) is 11.1 Å². The Hall–Kier alpha value is -2.89. The van der Waals surface area contributed by atoms with Gasteiger partial charge >= 0.3 is 0 Å². The zero-order chi connectivity index (χ0) is 18.2. The molecular formula is C19H22N2O4. The number of ketones is 1. The number of hydrogen-bond donors (Lipinski definition) is 2. The van der Waals surface area contributed by atoms with E-state index in [4.69, 9.17) is 4.42 Å². The number of nitrogens with one attached hydrogen (secondary N) is 2. The molecule has 0 unspecified atom stereocenters. The lowest BCUT2D eigenvalue weighted by molar-refractivity contribution is -0.126. The van der Waals surface area contributed by atoms with E-state index in [9.17, 15) is 14.4 Å². The van der Waals surface area contributed by atoms with E-state index in [1.165, 1.54) is 6.26 Å². The van der Waals surface area contributed by atoms with Crippen molar-refractivity contribution in [1.29, 1.82) is 0 Å². The van der Waals surface area contributed by atoms with Gasteiger partial charge < -0.3 is 15.1 Å². The number of rotatable bonds is 8. The molecule has 6 nitrogen and oxygen atoms in total. The Bertz CT molecular complexity index is 751. The normalized spacial score (nSPS) is 10.3. The summed E-state index contributed by atoms with van der Waals surface area (Å²) in [5, 5.41) is 5.14. The van der Waals surface area contributed by atoms with Crippen LogP contribution in [0.15, 0.2) is 41.0 Å². The van der Waals surface area contributed by atoms with Gasteiger partial charge in [-0.05, 0) is 37.6 Å². The summed E-state index contributed by atoms with van der Waals surface area (Å²) >= 11 is 0. The monoisotopic (exact) mass is 342 g/mol. The molecule has 0 radical (unpaired) electrons. The minimum absolute atomic E-state index is 0.0533. The molecule has 1 aromatic carbocycles. The van der Waals surface area contributed by atoms with Crippen molar-refractivity contribution in [2.45, 2.75) is 33.2 Å². The summed E-state index contributed by atoms with van der Waals surface area (Å²) < 4.78 is 5.09. The fraction of sp³-hybridized carbons (Fsp3) is 0.316. The van der Waals surface area contributed by atoms with Crippen LogP contribution in [0.1, 0.15) is 40.1 Å². The van der Waals surface area contributed by atoms with E-state index in [1.807, 2.05) is 32.0 Å². The molecule has 0 aliphatic rings. The Labute approximate surface area is 146 Å². The zero-order valence-corrected chi connectivity index (χ0v) is 14.4. The summed E-state index contributed by atoms with van der Waals surface area (Å²) in [4.78, 5) is 35.7. The highest BCUT2D eigenvalue weighted by atomic mass is 16.3. The quantitative estimate of drug-likeness (QED) is 0.721. The lowest BCUT2D eigenvalue weighted by atomic mass is 9.99. The van der Waals surface area contributed by atoms with Crippen molar-refractivity contribution < 1.29 is 18.8 Å². The molecule has 0 bridgehead atoms. The molecule has 1 aromatic heterocycles. The van der Waals surface area contributed by atoms with Gasteiger partial charge in [0.1, 0.15) is 5.76 Å². The van der Waals surface area contributed by atoms with Crippen LogP contribution in [0.2, 0.25) is 0 Å². The van der Waals surface area contributed by atoms with Crippen molar-refractivity contribution in [3.63, 3.8) is 0 Å². The van der Waals surface area contributed by atoms with Crippen molar-refractivity contribution in [3.05, 3.63) is 59.0 Å². The van der Waals surface area contributed by atoms with Crippen LogP contribution in [0.25, 0.3) is 0 Å². The molecule has 0 saturated carbocycles. The summed E-state index contributed by atoms with van der Waals surface area (Å²) in [6.45, 7) is 3.93. The Balaban J connectivity index is 1.70. The van der Waals surface area contributed by atoms with Crippen LogP contribution in [0.3, 0.4) is 0 Å². The van der Waals surface area contributed by atoms with E-state index in [1.54, 1.807) is 12.1 Å². The lowest BCUT2D eigenvalue weighted by Crippen LogP contribution is -2.36. The highest BCUT2D eigenvalue weighted by molar-refractivity contribution is 5.99. The van der Waals surface area contributed by atoms with Crippen LogP contribution in [0.5, 0.6) is 0 Å². The Morgan fingerprint density at radius 3 is 2.52 bits per heavy atom. The van der Waals surface area contributed by atoms with Crippen molar-refractivity contribution in [3.8, 4) is 0 Å². The summed E-state index contributed by atoms with van der Waals surface area (Å²) in [7, 11) is 0. The molecule has 0 aliphatic carbocycles. The third-order valence-corrected chi connectivity index (χ3v) is 3.76. The second-order valence-electron chi connectivity index (χ2n) is 5.87. The van der Waals surface area contributed by atoms with Crippen LogP contribution in [0.4, 0.5) is 0 Å². The largest absolute Gasteiger partial charge is 0.467 e. The van der Waals surface area contributed by atoms with Gasteiger partial charge in [0.05, 0.1) is 19.4 Å². The van der Waals surface area contributed by atoms with Crippen LogP contribution in [0, 0.1) is 13.8 Å². The molecule has 2 amide bonds. The standard InChI is InChI=1S/C19H22N2O4/c1-13-5-6-14(2)16(10-13)17(22)7-8-18(23)21-12-19(24)20-11-15-4-3-9-25-15/h3-6,9-10H,7-8,11-12H2,1-2H3,(H,20,24)(H,21,23). The number of carbonyl (C=O) groups excluding carboxylic acids is 3.